The van der Waals surface area contributed by atoms with Crippen LogP contribution in [-0.2, 0) is 9.84 Å². The summed E-state index contributed by atoms with van der Waals surface area (Å²) in [5.41, 5.74) is 3.42. The minimum Gasteiger partial charge on any atom is -0.235 e. The fourth-order valence-corrected chi connectivity index (χ4v) is 4.61. The highest BCUT2D eigenvalue weighted by Gasteiger charge is 2.17. The van der Waals surface area contributed by atoms with Crippen molar-refractivity contribution in [3.8, 4) is 32.3 Å². The van der Waals surface area contributed by atoms with Crippen LogP contribution in [0.3, 0.4) is 0 Å². The molecule has 31 heavy (non-hydrogen) atoms. The van der Waals surface area contributed by atoms with Crippen molar-refractivity contribution in [3.05, 3.63) is 84.7 Å². The molecule has 0 aliphatic carbocycles. The molecule has 0 fully saturated rings. The summed E-state index contributed by atoms with van der Waals surface area (Å²) >= 11 is 1.52. The molecule has 0 bridgehead atoms. The van der Waals surface area contributed by atoms with Crippen LogP contribution in [0.1, 0.15) is 20.3 Å². The average Bonchev–Trinajstić information content (AvgIpc) is 3.20. The molecule has 0 saturated heterocycles. The fraction of sp³-hybridized carbons (Fsp3) is 0.160. The molecule has 160 valence electrons. The van der Waals surface area contributed by atoms with E-state index in [1.165, 1.54) is 36.1 Å². The van der Waals surface area contributed by atoms with E-state index in [1.807, 2.05) is 30.3 Å². The topological polar surface area (TPSA) is 47.0 Å². The van der Waals surface area contributed by atoms with Crippen molar-refractivity contribution in [3.63, 3.8) is 0 Å². The number of hydrogen-bond acceptors (Lipinski definition) is 4. The SMILES string of the molecule is CCC.CS(=O)(=O)c1ccc(-c2sc(-c3ccccc3)nc2-c2ccc(F)cc2)cc1. The second-order valence-corrected chi connectivity index (χ2v) is 10.1. The first-order chi connectivity index (χ1) is 14.8. The van der Waals surface area contributed by atoms with E-state index >= 15 is 0 Å². The second kappa shape index (κ2) is 9.98. The van der Waals surface area contributed by atoms with Crippen molar-refractivity contribution in [2.24, 2.45) is 0 Å². The Morgan fingerprint density at radius 2 is 1.35 bits per heavy atom. The van der Waals surface area contributed by atoms with E-state index in [0.29, 0.717) is 0 Å². The quantitative estimate of drug-likeness (QED) is 0.331. The van der Waals surface area contributed by atoms with Crippen LogP contribution >= 0.6 is 11.3 Å². The monoisotopic (exact) mass is 453 g/mol. The lowest BCUT2D eigenvalue weighted by molar-refractivity contribution is 0.602. The minimum atomic E-state index is -3.26. The van der Waals surface area contributed by atoms with Crippen molar-refractivity contribution in [2.45, 2.75) is 25.2 Å². The molecule has 0 unspecified atom stereocenters. The van der Waals surface area contributed by atoms with Crippen molar-refractivity contribution < 1.29 is 12.8 Å². The van der Waals surface area contributed by atoms with Gasteiger partial charge in [-0.3, -0.25) is 0 Å². The van der Waals surface area contributed by atoms with E-state index in [1.54, 1.807) is 36.4 Å². The van der Waals surface area contributed by atoms with E-state index in [2.05, 4.69) is 13.8 Å². The standard InChI is InChI=1S/C22H16FNO2S2.C3H8/c1-28(25,26)19-13-9-16(10-14-19)21-20(15-7-11-18(23)12-8-15)24-22(27-21)17-5-3-2-4-6-17;1-3-2/h2-14H,1H3;3H2,1-2H3. The molecule has 4 rings (SSSR count). The maximum atomic E-state index is 13.4. The Morgan fingerprint density at radius 1 is 0.806 bits per heavy atom. The molecule has 6 heteroatoms. The molecule has 0 aliphatic rings. The lowest BCUT2D eigenvalue weighted by Crippen LogP contribution is -1.96. The molecule has 3 nitrogen and oxygen atoms in total. The lowest BCUT2D eigenvalue weighted by atomic mass is 10.1. The van der Waals surface area contributed by atoms with Crippen LogP contribution in [0.2, 0.25) is 0 Å². The van der Waals surface area contributed by atoms with Crippen LogP contribution in [-0.4, -0.2) is 19.7 Å². The third kappa shape index (κ3) is 5.66. The Balaban J connectivity index is 0.000000858. The number of halogens is 1. The van der Waals surface area contributed by atoms with Gasteiger partial charge in [-0.15, -0.1) is 11.3 Å². The van der Waals surface area contributed by atoms with Gasteiger partial charge in [-0.2, -0.15) is 0 Å². The Kier molecular flexibility index (Phi) is 7.36. The predicted molar refractivity (Wildman–Crippen MR) is 127 cm³/mol. The van der Waals surface area contributed by atoms with Crippen molar-refractivity contribution in [1.82, 2.24) is 4.98 Å². The predicted octanol–water partition coefficient (Wildman–Crippen LogP) is 7.10. The Bertz CT molecular complexity index is 1230. The van der Waals surface area contributed by atoms with E-state index in [0.717, 1.165) is 32.3 Å². The fourth-order valence-electron chi connectivity index (χ4n) is 2.88. The average molecular weight is 454 g/mol. The molecule has 0 atom stereocenters. The van der Waals surface area contributed by atoms with Crippen molar-refractivity contribution >= 4 is 21.2 Å². The normalized spacial score (nSPS) is 11.0. The summed E-state index contributed by atoms with van der Waals surface area (Å²) in [6, 6.07) is 22.8. The molecule has 0 saturated carbocycles. The van der Waals surface area contributed by atoms with Crippen LogP contribution in [0.5, 0.6) is 0 Å². The van der Waals surface area contributed by atoms with Crippen molar-refractivity contribution in [2.75, 3.05) is 6.26 Å². The third-order valence-electron chi connectivity index (χ3n) is 4.31. The van der Waals surface area contributed by atoms with Crippen LogP contribution in [0.4, 0.5) is 4.39 Å². The Morgan fingerprint density at radius 3 is 1.90 bits per heavy atom. The van der Waals surface area contributed by atoms with Crippen LogP contribution < -0.4 is 0 Å². The molecule has 3 aromatic carbocycles. The Hall–Kier alpha value is -2.83. The molecule has 0 radical (unpaired) electrons. The van der Waals surface area contributed by atoms with E-state index in [9.17, 15) is 12.8 Å². The van der Waals surface area contributed by atoms with E-state index in [4.69, 9.17) is 4.98 Å². The van der Waals surface area contributed by atoms with E-state index in [-0.39, 0.29) is 10.7 Å². The second-order valence-electron chi connectivity index (χ2n) is 7.07. The van der Waals surface area contributed by atoms with Gasteiger partial charge in [0.2, 0.25) is 0 Å². The number of hydrogen-bond donors (Lipinski definition) is 0. The van der Waals surface area contributed by atoms with Gasteiger partial charge in [-0.1, -0.05) is 62.7 Å². The molecule has 4 aromatic rings. The van der Waals surface area contributed by atoms with Crippen LogP contribution in [0.25, 0.3) is 32.3 Å². The molecule has 1 aromatic heterocycles. The Labute approximate surface area is 187 Å². The minimum absolute atomic E-state index is 0.271. The molecule has 0 spiro atoms. The number of aromatic nitrogens is 1. The highest BCUT2D eigenvalue weighted by molar-refractivity contribution is 7.90. The number of nitrogens with zero attached hydrogens (tertiary/aromatic N) is 1. The largest absolute Gasteiger partial charge is 0.235 e. The van der Waals surface area contributed by atoms with Crippen LogP contribution in [0, 0.1) is 5.82 Å². The highest BCUT2D eigenvalue weighted by Crippen LogP contribution is 2.40. The first kappa shape index (κ1) is 22.8. The molecule has 1 heterocycles. The van der Waals surface area contributed by atoms with Gasteiger partial charge in [0.05, 0.1) is 15.5 Å². The highest BCUT2D eigenvalue weighted by atomic mass is 32.2. The van der Waals surface area contributed by atoms with Gasteiger partial charge in [0.1, 0.15) is 10.8 Å². The zero-order valence-electron chi connectivity index (χ0n) is 17.7. The first-order valence-corrected chi connectivity index (χ1v) is 12.7. The lowest BCUT2D eigenvalue weighted by Gasteiger charge is -2.04. The van der Waals surface area contributed by atoms with Gasteiger partial charge in [-0.25, -0.2) is 17.8 Å². The van der Waals surface area contributed by atoms with Gasteiger partial charge in [0.25, 0.3) is 0 Å². The molecule has 0 aliphatic heterocycles. The summed E-state index contributed by atoms with van der Waals surface area (Å²) < 4.78 is 36.9. The molecular weight excluding hydrogens is 429 g/mol. The summed E-state index contributed by atoms with van der Waals surface area (Å²) in [4.78, 5) is 5.98. The summed E-state index contributed by atoms with van der Waals surface area (Å²) in [6.07, 6.45) is 2.44. The third-order valence-corrected chi connectivity index (χ3v) is 6.59. The molecule has 0 amide bonds. The van der Waals surface area contributed by atoms with Gasteiger partial charge in [0, 0.05) is 17.4 Å². The number of rotatable bonds is 4. The summed E-state index contributed by atoms with van der Waals surface area (Å²) in [5.74, 6) is -0.304. The van der Waals surface area contributed by atoms with Gasteiger partial charge < -0.3 is 0 Å². The van der Waals surface area contributed by atoms with Crippen LogP contribution in [0.15, 0.2) is 83.8 Å². The number of sulfone groups is 1. The zero-order chi connectivity index (χ0) is 22.4. The first-order valence-electron chi connectivity index (χ1n) is 9.96. The summed E-state index contributed by atoms with van der Waals surface area (Å²) in [5, 5.41) is 0.849. The van der Waals surface area contributed by atoms with Gasteiger partial charge in [-0.05, 0) is 42.0 Å². The molecule has 0 N–H and O–H groups in total. The number of thiazole rings is 1. The smallest absolute Gasteiger partial charge is 0.175 e. The van der Waals surface area contributed by atoms with Gasteiger partial charge >= 0.3 is 0 Å². The molecular formula is C25H24FNO2S2. The van der Waals surface area contributed by atoms with Crippen molar-refractivity contribution in [1.29, 1.82) is 0 Å². The summed E-state index contributed by atoms with van der Waals surface area (Å²) in [7, 11) is -3.26. The van der Waals surface area contributed by atoms with Gasteiger partial charge in [0.15, 0.2) is 9.84 Å². The number of benzene rings is 3. The maximum Gasteiger partial charge on any atom is 0.175 e. The van der Waals surface area contributed by atoms with E-state index < -0.39 is 9.84 Å². The maximum absolute atomic E-state index is 13.4. The summed E-state index contributed by atoms with van der Waals surface area (Å²) in [6.45, 7) is 4.25. The zero-order valence-corrected chi connectivity index (χ0v) is 19.3.